The van der Waals surface area contributed by atoms with Crippen molar-refractivity contribution in [2.24, 2.45) is 34.0 Å². The second-order valence-corrected chi connectivity index (χ2v) is 20.6. The summed E-state index contributed by atoms with van der Waals surface area (Å²) >= 11 is 7.14. The normalized spacial score (nSPS) is 27.1. The molecule has 6 rings (SSSR count). The maximum absolute atomic E-state index is 15.2. The number of thioether (sulfide) groups is 1. The van der Waals surface area contributed by atoms with Gasteiger partial charge in [-0.05, 0) is 109 Å². The van der Waals surface area contributed by atoms with Gasteiger partial charge in [0, 0.05) is 23.0 Å². The molecule has 1 heterocycles. The summed E-state index contributed by atoms with van der Waals surface area (Å²) in [4.78, 5) is 55.9. The van der Waals surface area contributed by atoms with E-state index in [1.165, 1.54) is 56.8 Å². The lowest BCUT2D eigenvalue weighted by molar-refractivity contribution is -0.258. The molecule has 60 heavy (non-hydrogen) atoms. The lowest BCUT2D eigenvalue weighted by Crippen LogP contribution is -2.54. The summed E-state index contributed by atoms with van der Waals surface area (Å²) in [6.45, 7) is 12.4. The number of alkyl halides is 3. The average molecular weight is 873 g/mol. The lowest BCUT2D eigenvalue weighted by Gasteiger charge is -2.47. The highest BCUT2D eigenvalue weighted by atomic mass is 32.2. The van der Waals surface area contributed by atoms with Gasteiger partial charge >= 0.3 is 30.1 Å². The molecule has 2 aromatic rings. The molecule has 0 amide bonds. The number of thiocarbonyl (C=S) groups is 1. The molecule has 1 aliphatic heterocycles. The first-order chi connectivity index (χ1) is 27.8. The third kappa shape index (κ3) is 8.17. The quantitative estimate of drug-likeness (QED) is 0.0723. The first-order valence-electron chi connectivity index (χ1n) is 20.5. The van der Waals surface area contributed by atoms with Crippen LogP contribution in [0.2, 0.25) is 0 Å². The van der Waals surface area contributed by atoms with E-state index >= 15 is 4.79 Å². The third-order valence-corrected chi connectivity index (χ3v) is 16.3. The maximum atomic E-state index is 15.2. The minimum absolute atomic E-state index is 0.0904. The van der Waals surface area contributed by atoms with Crippen LogP contribution in [0.3, 0.4) is 0 Å². The summed E-state index contributed by atoms with van der Waals surface area (Å²) in [5, 5.41) is 21.3. The van der Waals surface area contributed by atoms with Crippen LogP contribution in [0.4, 0.5) is 13.2 Å². The molecule has 2 bridgehead atoms. The van der Waals surface area contributed by atoms with Gasteiger partial charge in [0.15, 0.2) is 5.60 Å². The summed E-state index contributed by atoms with van der Waals surface area (Å²) in [6, 6.07) is 14.6. The van der Waals surface area contributed by atoms with Crippen LogP contribution >= 0.6 is 24.0 Å². The fourth-order valence-electron chi connectivity index (χ4n) is 10.1. The molecule has 3 aliphatic carbocycles. The molecule has 0 spiro atoms. The van der Waals surface area contributed by atoms with Crippen LogP contribution < -0.4 is 0 Å². The lowest BCUT2D eigenvalue weighted by atomic mass is 9.56. The molecule has 4 aliphatic rings. The summed E-state index contributed by atoms with van der Waals surface area (Å²) in [5.74, 6) is -3.45. The number of ether oxygens (including phenoxy) is 3. The Hall–Kier alpha value is -3.75. The molecule has 3 saturated carbocycles. The van der Waals surface area contributed by atoms with Crippen LogP contribution in [0.1, 0.15) is 110 Å². The maximum Gasteiger partial charge on any atom is 0.421 e. The van der Waals surface area contributed by atoms with Gasteiger partial charge in [-0.1, -0.05) is 80.3 Å². The molecule has 0 aromatic heterocycles. The van der Waals surface area contributed by atoms with E-state index in [4.69, 9.17) is 26.4 Å². The zero-order valence-electron chi connectivity index (χ0n) is 34.9. The second-order valence-electron chi connectivity index (χ2n) is 19.0. The average Bonchev–Trinajstić information content (AvgIpc) is 3.96. The summed E-state index contributed by atoms with van der Waals surface area (Å²) < 4.78 is 60.8. The predicted molar refractivity (Wildman–Crippen MR) is 224 cm³/mol. The number of carbonyl (C=O) groups is 4. The second kappa shape index (κ2) is 16.2. The Kier molecular flexibility index (Phi) is 12.3. The number of fused-ring (bicyclic) bond motifs is 1. The van der Waals surface area contributed by atoms with E-state index in [9.17, 15) is 37.8 Å². The number of esters is 3. The minimum atomic E-state index is -4.97. The predicted octanol–water partition coefficient (Wildman–Crippen LogP) is 9.26. The highest BCUT2D eigenvalue weighted by molar-refractivity contribution is 8.23. The van der Waals surface area contributed by atoms with Crippen molar-refractivity contribution >= 4 is 52.1 Å². The van der Waals surface area contributed by atoms with Gasteiger partial charge in [-0.3, -0.25) is 19.2 Å². The number of carboxylic acid groups (broad SMARTS) is 1. The molecule has 4 fully saturated rings. The first-order valence-corrected chi connectivity index (χ1v) is 21.9. The van der Waals surface area contributed by atoms with Crippen LogP contribution in [0.5, 0.6) is 0 Å². The van der Waals surface area contributed by atoms with Crippen molar-refractivity contribution in [1.82, 2.24) is 0 Å². The number of halogens is 3. The van der Waals surface area contributed by atoms with Crippen LogP contribution in [0, 0.1) is 34.0 Å². The van der Waals surface area contributed by atoms with E-state index in [-0.39, 0.29) is 42.3 Å². The Balaban J connectivity index is 1.45. The van der Waals surface area contributed by atoms with Crippen molar-refractivity contribution in [3.05, 3.63) is 83.9 Å². The van der Waals surface area contributed by atoms with Crippen LogP contribution in [-0.2, 0) is 44.4 Å². The monoisotopic (exact) mass is 872 g/mol. The Morgan fingerprint density at radius 1 is 0.933 bits per heavy atom. The largest absolute Gasteiger partial charge is 0.481 e. The topological polar surface area (TPSA) is 136 Å². The van der Waals surface area contributed by atoms with Crippen LogP contribution in [0.25, 0.3) is 0 Å². The molecular formula is C46H55F3O9S2. The number of hydrogen-bond donors (Lipinski definition) is 2. The van der Waals surface area contributed by atoms with Crippen molar-refractivity contribution in [3.8, 4) is 0 Å². The van der Waals surface area contributed by atoms with Gasteiger partial charge in [-0.25, -0.2) is 0 Å². The third-order valence-electron chi connectivity index (χ3n) is 14.4. The summed E-state index contributed by atoms with van der Waals surface area (Å²) in [7, 11) is 0. The van der Waals surface area contributed by atoms with E-state index < -0.39 is 74.7 Å². The number of carboxylic acids is 1. The molecule has 2 N–H and O–H groups in total. The molecular weight excluding hydrogens is 818 g/mol. The van der Waals surface area contributed by atoms with Crippen molar-refractivity contribution in [2.75, 3.05) is 5.75 Å². The van der Waals surface area contributed by atoms with Gasteiger partial charge < -0.3 is 24.4 Å². The Morgan fingerprint density at radius 2 is 1.53 bits per heavy atom. The van der Waals surface area contributed by atoms with Crippen molar-refractivity contribution in [1.29, 1.82) is 0 Å². The van der Waals surface area contributed by atoms with Gasteiger partial charge in [-0.15, -0.1) is 11.8 Å². The van der Waals surface area contributed by atoms with Crippen molar-refractivity contribution in [2.45, 2.75) is 128 Å². The van der Waals surface area contributed by atoms with Crippen LogP contribution in [0.15, 0.2) is 67.3 Å². The number of aliphatic hydroxyl groups is 1. The van der Waals surface area contributed by atoms with E-state index in [1.54, 1.807) is 13.0 Å². The zero-order chi connectivity index (χ0) is 44.3. The van der Waals surface area contributed by atoms with Gasteiger partial charge in [0.05, 0.1) is 26.4 Å². The van der Waals surface area contributed by atoms with E-state index in [1.807, 2.05) is 37.3 Å². The zero-order valence-corrected chi connectivity index (χ0v) is 36.6. The molecule has 9 atom stereocenters. The smallest absolute Gasteiger partial charge is 0.421 e. The number of hydrogen-bond acceptors (Lipinski definition) is 10. The molecule has 326 valence electrons. The van der Waals surface area contributed by atoms with Crippen LogP contribution in [-0.4, -0.2) is 68.0 Å². The molecule has 2 aromatic carbocycles. The number of benzene rings is 2. The summed E-state index contributed by atoms with van der Waals surface area (Å²) in [5.41, 5.74) is -9.78. The Bertz CT molecular complexity index is 2010. The van der Waals surface area contributed by atoms with Crippen molar-refractivity contribution < 1.29 is 56.8 Å². The fourth-order valence-corrected chi connectivity index (χ4v) is 11.4. The van der Waals surface area contributed by atoms with E-state index in [0.717, 1.165) is 18.4 Å². The Labute approximate surface area is 359 Å². The summed E-state index contributed by atoms with van der Waals surface area (Å²) in [6.07, 6.45) is -1.54. The SMILES string of the molecule is C=CC1(OC(=O)C(C)(CC(C)(CC(C)(CSC(=S)c2ccccc2)c2ccc(C(C)(O)C(F)(F)F)cc2)C(=O)OC2C3CC4C(=O)OC2C4C3)C(C)(C)C(=O)O)CCCC1. The van der Waals surface area contributed by atoms with Crippen molar-refractivity contribution in [3.63, 3.8) is 0 Å². The van der Waals surface area contributed by atoms with E-state index in [0.29, 0.717) is 42.4 Å². The number of carbonyl (C=O) groups excluding carboxylic acids is 3. The highest BCUT2D eigenvalue weighted by Crippen LogP contribution is 2.58. The van der Waals surface area contributed by atoms with Gasteiger partial charge in [0.25, 0.3) is 0 Å². The standard InChI is InChI=1S/C46H55F3O9S2/c1-8-45(20-12-13-21-45)58-39(54)43(6,40(2,3)37(51)52)25-41(4,38(53)57-33-28-22-31-32(23-28)35(50)56-34(31)33)24-42(5,26-60-36(59)27-14-10-9-11-15-27)29-16-18-30(19-17-29)44(7,55)46(47,48)49/h8-11,14-19,28,31-34,55H,1,12-13,20-26H2,2-7H3,(H,51,52). The number of rotatable bonds is 16. The molecule has 1 saturated heterocycles. The molecule has 14 heteroatoms. The fraction of sp³-hybridized carbons (Fsp3) is 0.587. The molecule has 0 radical (unpaired) electrons. The number of aliphatic carboxylic acids is 1. The molecule has 9 unspecified atom stereocenters. The molecule has 9 nitrogen and oxygen atoms in total. The first kappa shape index (κ1) is 45.8. The van der Waals surface area contributed by atoms with E-state index in [2.05, 4.69) is 6.58 Å². The van der Waals surface area contributed by atoms with Gasteiger partial charge in [-0.2, -0.15) is 13.2 Å². The Morgan fingerprint density at radius 3 is 2.10 bits per heavy atom. The van der Waals surface area contributed by atoms with Gasteiger partial charge in [0.1, 0.15) is 17.8 Å². The minimum Gasteiger partial charge on any atom is -0.481 e. The highest BCUT2D eigenvalue weighted by Gasteiger charge is 2.65. The van der Waals surface area contributed by atoms with Gasteiger partial charge in [0.2, 0.25) is 0 Å².